The van der Waals surface area contributed by atoms with Crippen LogP contribution in [0.2, 0.25) is 0 Å². The van der Waals surface area contributed by atoms with Gasteiger partial charge in [-0.1, -0.05) is 68.2 Å². The van der Waals surface area contributed by atoms with Crippen molar-refractivity contribution in [1.29, 1.82) is 0 Å². The molecule has 0 saturated heterocycles. The summed E-state index contributed by atoms with van der Waals surface area (Å²) >= 11 is 0. The molecule has 0 aliphatic rings. The lowest BCUT2D eigenvalue weighted by Crippen LogP contribution is -2.31. The van der Waals surface area contributed by atoms with Crippen molar-refractivity contribution in [3.05, 3.63) is 0 Å². The van der Waals surface area contributed by atoms with Crippen LogP contribution in [-0.2, 0) is 0 Å². The van der Waals surface area contributed by atoms with Crippen LogP contribution < -0.4 is 0 Å². The van der Waals surface area contributed by atoms with Crippen molar-refractivity contribution in [3.8, 4) is 0 Å². The molecule has 16 heavy (non-hydrogen) atoms. The van der Waals surface area contributed by atoms with Crippen molar-refractivity contribution in [2.45, 2.75) is 74.7 Å². The lowest BCUT2D eigenvalue weighted by Gasteiger charge is -2.40. The molecule has 0 saturated carbocycles. The van der Waals surface area contributed by atoms with E-state index in [9.17, 15) is 0 Å². The van der Waals surface area contributed by atoms with E-state index in [1.807, 2.05) is 0 Å². The molecule has 0 heterocycles. The van der Waals surface area contributed by atoms with Gasteiger partial charge in [-0.3, -0.25) is 0 Å². The fourth-order valence-electron chi connectivity index (χ4n) is 2.55. The molecule has 0 heteroatoms. The van der Waals surface area contributed by atoms with Gasteiger partial charge in [0.15, 0.2) is 0 Å². The quantitative estimate of drug-likeness (QED) is 0.517. The molecule has 0 aromatic heterocycles. The molecule has 0 N–H and O–H groups in total. The zero-order valence-corrected chi connectivity index (χ0v) is 12.9. The van der Waals surface area contributed by atoms with E-state index in [-0.39, 0.29) is 0 Å². The van der Waals surface area contributed by atoms with E-state index in [4.69, 9.17) is 0 Å². The molecule has 0 spiro atoms. The van der Waals surface area contributed by atoms with Gasteiger partial charge < -0.3 is 0 Å². The van der Waals surface area contributed by atoms with Crippen LogP contribution in [0.1, 0.15) is 74.7 Å². The highest BCUT2D eigenvalue weighted by atomic mass is 14.4. The molecule has 0 radical (unpaired) electrons. The van der Waals surface area contributed by atoms with Gasteiger partial charge >= 0.3 is 0 Å². The van der Waals surface area contributed by atoms with E-state index in [0.29, 0.717) is 5.41 Å². The summed E-state index contributed by atoms with van der Waals surface area (Å²) in [4.78, 5) is 0. The van der Waals surface area contributed by atoms with Gasteiger partial charge in [0, 0.05) is 0 Å². The zero-order valence-electron chi connectivity index (χ0n) is 12.9. The fourth-order valence-corrected chi connectivity index (χ4v) is 2.55. The summed E-state index contributed by atoms with van der Waals surface area (Å²) in [6.45, 7) is 19.2. The highest BCUT2D eigenvalue weighted by Crippen LogP contribution is 2.41. The van der Waals surface area contributed by atoms with E-state index < -0.39 is 0 Å². The van der Waals surface area contributed by atoms with Crippen LogP contribution >= 0.6 is 0 Å². The first-order valence-electron chi connectivity index (χ1n) is 7.27. The summed E-state index contributed by atoms with van der Waals surface area (Å²) in [5.74, 6) is 3.39. The first-order chi connectivity index (χ1) is 7.27. The Hall–Kier alpha value is 0. The molecule has 98 valence electrons. The van der Waals surface area contributed by atoms with Crippen LogP contribution in [-0.4, -0.2) is 0 Å². The SMILES string of the molecule is CCC(C)C(C)CC(CC)C(C)(C)C(C)C. The minimum Gasteiger partial charge on any atom is -0.0651 e. The second-order valence-electron chi connectivity index (χ2n) is 6.68. The Bertz CT molecular complexity index is 178. The maximum Gasteiger partial charge on any atom is -0.0303 e. The maximum absolute atomic E-state index is 2.45. The van der Waals surface area contributed by atoms with Crippen molar-refractivity contribution >= 4 is 0 Å². The second-order valence-corrected chi connectivity index (χ2v) is 6.68. The largest absolute Gasteiger partial charge is 0.0651 e. The lowest BCUT2D eigenvalue weighted by molar-refractivity contribution is 0.101. The molecular formula is C16H34. The van der Waals surface area contributed by atoms with E-state index in [2.05, 4.69) is 55.4 Å². The van der Waals surface area contributed by atoms with Gasteiger partial charge in [-0.05, 0) is 35.5 Å². The molecule has 0 bridgehead atoms. The van der Waals surface area contributed by atoms with Gasteiger partial charge in [0.05, 0.1) is 0 Å². The van der Waals surface area contributed by atoms with Gasteiger partial charge in [-0.15, -0.1) is 0 Å². The predicted molar refractivity (Wildman–Crippen MR) is 75.6 cm³/mol. The molecule has 0 aromatic rings. The zero-order chi connectivity index (χ0) is 12.9. The molecule has 0 aromatic carbocycles. The molecule has 0 nitrogen and oxygen atoms in total. The van der Waals surface area contributed by atoms with Gasteiger partial charge in [0.1, 0.15) is 0 Å². The Kier molecular flexibility index (Phi) is 6.67. The standard InChI is InChI=1S/C16H34/c1-9-13(5)14(6)11-15(10-2)16(7,8)12(3)4/h12-15H,9-11H2,1-8H3. The topological polar surface area (TPSA) is 0 Å². The Morgan fingerprint density at radius 3 is 1.62 bits per heavy atom. The molecule has 0 aliphatic carbocycles. The fraction of sp³-hybridized carbons (Fsp3) is 1.00. The monoisotopic (exact) mass is 226 g/mol. The third kappa shape index (κ3) is 4.11. The molecule has 3 unspecified atom stereocenters. The summed E-state index contributed by atoms with van der Waals surface area (Å²) < 4.78 is 0. The van der Waals surface area contributed by atoms with E-state index in [0.717, 1.165) is 23.7 Å². The summed E-state index contributed by atoms with van der Waals surface area (Å²) in [5.41, 5.74) is 0.483. The van der Waals surface area contributed by atoms with Gasteiger partial charge in [-0.25, -0.2) is 0 Å². The van der Waals surface area contributed by atoms with Crippen molar-refractivity contribution < 1.29 is 0 Å². The summed E-state index contributed by atoms with van der Waals surface area (Å²) in [5, 5.41) is 0. The smallest absolute Gasteiger partial charge is 0.0303 e. The molecule has 3 atom stereocenters. The number of hydrogen-bond donors (Lipinski definition) is 0. The Morgan fingerprint density at radius 2 is 1.31 bits per heavy atom. The minimum absolute atomic E-state index is 0.483. The van der Waals surface area contributed by atoms with Crippen LogP contribution in [0.5, 0.6) is 0 Å². The average molecular weight is 226 g/mol. The maximum atomic E-state index is 2.45. The minimum atomic E-state index is 0.483. The van der Waals surface area contributed by atoms with Crippen LogP contribution in [0.15, 0.2) is 0 Å². The van der Waals surface area contributed by atoms with Gasteiger partial charge in [-0.2, -0.15) is 0 Å². The lowest BCUT2D eigenvalue weighted by atomic mass is 9.66. The molecule has 0 fully saturated rings. The first-order valence-corrected chi connectivity index (χ1v) is 7.27. The Labute approximate surface area is 104 Å². The van der Waals surface area contributed by atoms with E-state index in [1.54, 1.807) is 0 Å². The van der Waals surface area contributed by atoms with Gasteiger partial charge in [0.25, 0.3) is 0 Å². The normalized spacial score (nSPS) is 18.6. The van der Waals surface area contributed by atoms with Crippen LogP contribution in [0.25, 0.3) is 0 Å². The first kappa shape index (κ1) is 16.0. The van der Waals surface area contributed by atoms with Crippen molar-refractivity contribution in [1.82, 2.24) is 0 Å². The third-order valence-electron chi connectivity index (χ3n) is 5.30. The number of rotatable bonds is 7. The Balaban J connectivity index is 4.52. The Morgan fingerprint density at radius 1 is 0.812 bits per heavy atom. The van der Waals surface area contributed by atoms with E-state index >= 15 is 0 Å². The predicted octanol–water partition coefficient (Wildman–Crippen LogP) is 5.77. The second kappa shape index (κ2) is 6.67. The molecule has 0 aliphatic heterocycles. The van der Waals surface area contributed by atoms with Gasteiger partial charge in [0.2, 0.25) is 0 Å². The van der Waals surface area contributed by atoms with Crippen LogP contribution in [0, 0.1) is 29.1 Å². The van der Waals surface area contributed by atoms with Crippen LogP contribution in [0.4, 0.5) is 0 Å². The summed E-state index contributed by atoms with van der Waals surface area (Å²) in [7, 11) is 0. The highest BCUT2D eigenvalue weighted by Gasteiger charge is 2.32. The van der Waals surface area contributed by atoms with Crippen molar-refractivity contribution in [3.63, 3.8) is 0 Å². The van der Waals surface area contributed by atoms with Crippen molar-refractivity contribution in [2.75, 3.05) is 0 Å². The summed E-state index contributed by atoms with van der Waals surface area (Å²) in [6.07, 6.45) is 4.04. The molecular weight excluding hydrogens is 192 g/mol. The molecule has 0 amide bonds. The summed E-state index contributed by atoms with van der Waals surface area (Å²) in [6, 6.07) is 0. The number of hydrogen-bond acceptors (Lipinski definition) is 0. The molecule has 0 rings (SSSR count). The average Bonchev–Trinajstić information content (AvgIpc) is 2.23. The van der Waals surface area contributed by atoms with Crippen molar-refractivity contribution in [2.24, 2.45) is 29.1 Å². The third-order valence-corrected chi connectivity index (χ3v) is 5.30. The highest BCUT2D eigenvalue weighted by molar-refractivity contribution is 4.82. The van der Waals surface area contributed by atoms with Crippen LogP contribution in [0.3, 0.4) is 0 Å². The van der Waals surface area contributed by atoms with E-state index in [1.165, 1.54) is 19.3 Å².